The summed E-state index contributed by atoms with van der Waals surface area (Å²) in [6, 6.07) is 13.0. The molecule has 3 aliphatic heterocycles. The number of rotatable bonds is 18. The van der Waals surface area contributed by atoms with Gasteiger partial charge in [-0.1, -0.05) is 57.7 Å². The quantitative estimate of drug-likeness (QED) is 0.0816. The van der Waals surface area contributed by atoms with Crippen molar-refractivity contribution in [1.29, 1.82) is 0 Å². The van der Waals surface area contributed by atoms with E-state index < -0.39 is 11.9 Å². The Morgan fingerprint density at radius 3 is 2.47 bits per heavy atom. The number of amides is 4. The van der Waals surface area contributed by atoms with E-state index in [0.717, 1.165) is 92.5 Å². The number of unbranched alkanes of at least 4 members (excludes halogenated alkanes) is 5. The Morgan fingerprint density at radius 2 is 1.71 bits per heavy atom. The summed E-state index contributed by atoms with van der Waals surface area (Å²) in [7, 11) is 2.13. The third kappa shape index (κ3) is 9.92. The Balaban J connectivity index is 0.790. The highest BCUT2D eigenvalue weighted by Crippen LogP contribution is 2.34. The normalized spacial score (nSPS) is 17.5. The lowest BCUT2D eigenvalue weighted by Crippen LogP contribution is -2.52. The third-order valence-corrected chi connectivity index (χ3v) is 11.2. The Hall–Kier alpha value is -5.57. The van der Waals surface area contributed by atoms with Gasteiger partial charge in [0.05, 0.1) is 19.3 Å². The third-order valence-electron chi connectivity index (χ3n) is 11.2. The molecule has 4 aromatic rings. The summed E-state index contributed by atoms with van der Waals surface area (Å²) >= 11 is 0. The number of aromatic nitrogens is 4. The molecule has 3 aliphatic rings. The number of imide groups is 1. The van der Waals surface area contributed by atoms with E-state index in [1.54, 1.807) is 21.5 Å². The molecule has 58 heavy (non-hydrogen) atoms. The highest BCUT2D eigenvalue weighted by molar-refractivity contribution is 6.05. The van der Waals surface area contributed by atoms with E-state index in [4.69, 9.17) is 19.4 Å². The molecule has 2 fully saturated rings. The van der Waals surface area contributed by atoms with Gasteiger partial charge < -0.3 is 29.9 Å². The zero-order valence-electron chi connectivity index (χ0n) is 33.8. The number of benzene rings is 2. The van der Waals surface area contributed by atoms with Crippen molar-refractivity contribution in [3.63, 3.8) is 0 Å². The number of anilines is 2. The van der Waals surface area contributed by atoms with Crippen LogP contribution in [-0.4, -0.2) is 91.9 Å². The molecule has 5 heterocycles. The van der Waals surface area contributed by atoms with Crippen molar-refractivity contribution >= 4 is 40.9 Å². The van der Waals surface area contributed by atoms with Gasteiger partial charge >= 0.3 is 6.01 Å². The van der Waals surface area contributed by atoms with Gasteiger partial charge in [0.2, 0.25) is 23.7 Å². The molecule has 15 nitrogen and oxygen atoms in total. The smallest absolute Gasteiger partial charge is 0.322 e. The number of nitrogens with one attached hydrogen (secondary N) is 3. The summed E-state index contributed by atoms with van der Waals surface area (Å²) in [4.78, 5) is 63.0. The fraction of sp³-hybridized carbons (Fsp3) is 0.512. The van der Waals surface area contributed by atoms with Crippen LogP contribution in [0, 0.1) is 0 Å². The molecule has 0 spiro atoms. The van der Waals surface area contributed by atoms with Crippen LogP contribution in [0.1, 0.15) is 117 Å². The van der Waals surface area contributed by atoms with Crippen LogP contribution in [0.25, 0.3) is 5.65 Å². The number of hydrogen-bond donors (Lipinski definition) is 3. The first-order chi connectivity index (χ1) is 28.1. The summed E-state index contributed by atoms with van der Waals surface area (Å²) in [6.07, 6.45) is 10.6. The first kappa shape index (κ1) is 40.6. The maximum Gasteiger partial charge on any atom is 0.322 e. The Bertz CT molecular complexity index is 2090. The SMILES string of the molecule is CC(C)c1cnn2c(NCc3ccc(NC(=O)CCCCCCCCOc4cccc5c4CN(C4CCC(=O)NC4=O)C5=O)cc3)nc(OC3CCN(C)CC3)nc12. The standard InChI is InChI=1S/C43H55N9O6/c1-28(2)33-26-45-52-39(33)48-43(58-31-20-22-50(3)23-21-31)49-42(52)44-25-29-14-16-30(17-15-29)46-37(53)13-8-6-4-5-7-9-24-57-36-12-10-11-32-34(36)27-51(41(32)56)35-18-19-38(54)47-40(35)55/h10-12,14-17,26,28,31,35H,4-9,13,18-25,27H2,1-3H3,(H,46,53)(H,44,48,49)(H,47,54,55). The van der Waals surface area contributed by atoms with Crippen LogP contribution in [-0.2, 0) is 27.5 Å². The Labute approximate surface area is 339 Å². The summed E-state index contributed by atoms with van der Waals surface area (Å²) in [5, 5.41) is 13.4. The molecule has 0 saturated carbocycles. The van der Waals surface area contributed by atoms with Gasteiger partial charge in [0.25, 0.3) is 5.91 Å². The number of fused-ring (bicyclic) bond motifs is 2. The molecule has 0 radical (unpaired) electrons. The number of carbonyl (C=O) groups excluding carboxylic acids is 4. The fourth-order valence-electron chi connectivity index (χ4n) is 7.78. The molecule has 1 atom stereocenters. The molecule has 2 aromatic carbocycles. The molecule has 2 saturated heterocycles. The average Bonchev–Trinajstić information content (AvgIpc) is 3.79. The summed E-state index contributed by atoms with van der Waals surface area (Å²) < 4.78 is 14.1. The number of likely N-dealkylation sites (tertiary alicyclic amines) is 1. The number of ether oxygens (including phenoxy) is 2. The van der Waals surface area contributed by atoms with Crippen LogP contribution < -0.4 is 25.4 Å². The monoisotopic (exact) mass is 793 g/mol. The second kappa shape index (κ2) is 18.8. The van der Waals surface area contributed by atoms with E-state index in [0.29, 0.717) is 55.8 Å². The van der Waals surface area contributed by atoms with Crippen molar-refractivity contribution in [1.82, 2.24) is 34.7 Å². The van der Waals surface area contributed by atoms with Gasteiger partial charge in [-0.2, -0.15) is 19.6 Å². The van der Waals surface area contributed by atoms with Crippen LogP contribution in [0.3, 0.4) is 0 Å². The molecule has 3 N–H and O–H groups in total. The van der Waals surface area contributed by atoms with Gasteiger partial charge in [-0.05, 0) is 74.9 Å². The van der Waals surface area contributed by atoms with E-state index in [-0.39, 0.29) is 36.2 Å². The fourth-order valence-corrected chi connectivity index (χ4v) is 7.78. The molecule has 0 aliphatic carbocycles. The molecule has 0 bridgehead atoms. The minimum atomic E-state index is -0.647. The average molecular weight is 794 g/mol. The number of hydrogen-bond acceptors (Lipinski definition) is 11. The minimum absolute atomic E-state index is 0.00415. The first-order valence-electron chi connectivity index (χ1n) is 20.8. The molecule has 2 aromatic heterocycles. The first-order valence-corrected chi connectivity index (χ1v) is 20.8. The van der Waals surface area contributed by atoms with Crippen molar-refractivity contribution in [2.24, 2.45) is 0 Å². The van der Waals surface area contributed by atoms with Crippen LogP contribution in [0.4, 0.5) is 11.6 Å². The molecular weight excluding hydrogens is 739 g/mol. The zero-order valence-corrected chi connectivity index (χ0v) is 33.8. The molecule has 15 heteroatoms. The van der Waals surface area contributed by atoms with Crippen LogP contribution in [0.15, 0.2) is 48.7 Å². The molecule has 308 valence electrons. The molecular formula is C43H55N9O6. The lowest BCUT2D eigenvalue weighted by Gasteiger charge is -2.29. The maximum atomic E-state index is 13.1. The lowest BCUT2D eigenvalue weighted by molar-refractivity contribution is -0.137. The second-order valence-electron chi connectivity index (χ2n) is 15.9. The molecule has 1 unspecified atom stereocenters. The van der Waals surface area contributed by atoms with Crippen molar-refractivity contribution in [3.8, 4) is 11.8 Å². The summed E-state index contributed by atoms with van der Waals surface area (Å²) in [5.41, 5.74) is 4.92. The Kier molecular flexibility index (Phi) is 13.2. The van der Waals surface area contributed by atoms with Crippen molar-refractivity contribution < 1.29 is 28.7 Å². The largest absolute Gasteiger partial charge is 0.493 e. The predicted molar refractivity (Wildman–Crippen MR) is 219 cm³/mol. The van der Waals surface area contributed by atoms with Crippen molar-refractivity contribution in [2.45, 2.75) is 116 Å². The number of nitrogens with zero attached hydrogens (tertiary/aromatic N) is 6. The van der Waals surface area contributed by atoms with E-state index >= 15 is 0 Å². The van der Waals surface area contributed by atoms with E-state index in [9.17, 15) is 19.2 Å². The van der Waals surface area contributed by atoms with Crippen LogP contribution in [0.2, 0.25) is 0 Å². The maximum absolute atomic E-state index is 13.1. The van der Waals surface area contributed by atoms with Crippen molar-refractivity contribution in [3.05, 3.63) is 70.9 Å². The Morgan fingerprint density at radius 1 is 0.948 bits per heavy atom. The number of piperidine rings is 2. The van der Waals surface area contributed by atoms with E-state index in [1.165, 1.54) is 0 Å². The highest BCUT2D eigenvalue weighted by Gasteiger charge is 2.40. The second-order valence-corrected chi connectivity index (χ2v) is 15.9. The van der Waals surface area contributed by atoms with Gasteiger partial charge in [0, 0.05) is 54.9 Å². The van der Waals surface area contributed by atoms with Gasteiger partial charge in [0.1, 0.15) is 17.9 Å². The highest BCUT2D eigenvalue weighted by atomic mass is 16.5. The van der Waals surface area contributed by atoms with Gasteiger partial charge in [0.15, 0.2) is 5.65 Å². The molecule has 7 rings (SSSR count). The van der Waals surface area contributed by atoms with Gasteiger partial charge in [-0.15, -0.1) is 0 Å². The van der Waals surface area contributed by atoms with Crippen LogP contribution in [0.5, 0.6) is 11.8 Å². The molecule has 4 amide bonds. The summed E-state index contributed by atoms with van der Waals surface area (Å²) in [5.74, 6) is 0.564. The van der Waals surface area contributed by atoms with Crippen LogP contribution >= 0.6 is 0 Å². The van der Waals surface area contributed by atoms with Crippen molar-refractivity contribution in [2.75, 3.05) is 37.4 Å². The summed E-state index contributed by atoms with van der Waals surface area (Å²) in [6.45, 7) is 7.56. The zero-order chi connectivity index (χ0) is 40.6. The topological polar surface area (TPSA) is 172 Å². The van der Waals surface area contributed by atoms with Gasteiger partial charge in [-0.3, -0.25) is 24.5 Å². The minimum Gasteiger partial charge on any atom is -0.493 e. The van der Waals surface area contributed by atoms with Gasteiger partial charge in [-0.25, -0.2) is 0 Å². The van der Waals surface area contributed by atoms with E-state index in [2.05, 4.69) is 46.8 Å². The number of carbonyl (C=O) groups is 4. The van der Waals surface area contributed by atoms with E-state index in [1.807, 2.05) is 36.5 Å². The predicted octanol–water partition coefficient (Wildman–Crippen LogP) is 5.84. The lowest BCUT2D eigenvalue weighted by atomic mass is 10.0.